The largest absolute Gasteiger partial charge is 0.333 e. The second-order valence-electron chi connectivity index (χ2n) is 3.86. The van der Waals surface area contributed by atoms with Crippen LogP contribution in [0.2, 0.25) is 0 Å². The summed E-state index contributed by atoms with van der Waals surface area (Å²) in [6.45, 7) is 4.85. The van der Waals surface area contributed by atoms with Crippen molar-refractivity contribution < 1.29 is 4.79 Å². The van der Waals surface area contributed by atoms with Crippen molar-refractivity contribution in [2.45, 2.75) is 38.6 Å². The third kappa shape index (κ3) is 1.90. The monoisotopic (exact) mass is 170 g/mol. The zero-order chi connectivity index (χ0) is 9.19. The van der Waals surface area contributed by atoms with E-state index in [1.165, 1.54) is 6.42 Å². The van der Waals surface area contributed by atoms with Crippen molar-refractivity contribution in [1.82, 2.24) is 10.2 Å². The summed E-state index contributed by atoms with van der Waals surface area (Å²) >= 11 is 0. The summed E-state index contributed by atoms with van der Waals surface area (Å²) in [5.74, 6) is 0. The fraction of sp³-hybridized carbons (Fsp3) is 0.889. The Morgan fingerprint density at radius 3 is 2.50 bits per heavy atom. The quantitative estimate of drug-likeness (QED) is 0.670. The predicted molar refractivity (Wildman–Crippen MR) is 49.1 cm³/mol. The summed E-state index contributed by atoms with van der Waals surface area (Å²) < 4.78 is 0. The topological polar surface area (TPSA) is 32.3 Å². The second-order valence-corrected chi connectivity index (χ2v) is 3.86. The highest BCUT2D eigenvalue weighted by Crippen LogP contribution is 2.30. The lowest BCUT2D eigenvalue weighted by atomic mass is 9.79. The molecule has 3 nitrogen and oxygen atoms in total. The third-order valence-corrected chi connectivity index (χ3v) is 2.69. The van der Waals surface area contributed by atoms with Gasteiger partial charge in [0.15, 0.2) is 0 Å². The van der Waals surface area contributed by atoms with Crippen molar-refractivity contribution in [3.63, 3.8) is 0 Å². The summed E-state index contributed by atoms with van der Waals surface area (Å²) in [7, 11) is 1.82. The van der Waals surface area contributed by atoms with Crippen LogP contribution in [0.5, 0.6) is 0 Å². The van der Waals surface area contributed by atoms with E-state index in [-0.39, 0.29) is 11.6 Å². The van der Waals surface area contributed by atoms with E-state index in [0.29, 0.717) is 0 Å². The number of rotatable bonds is 2. The first-order valence-corrected chi connectivity index (χ1v) is 4.61. The highest BCUT2D eigenvalue weighted by atomic mass is 16.2. The average Bonchev–Trinajstić information content (AvgIpc) is 2.00. The zero-order valence-corrected chi connectivity index (χ0v) is 8.18. The molecule has 1 aliphatic carbocycles. The van der Waals surface area contributed by atoms with Crippen molar-refractivity contribution >= 4 is 6.03 Å². The summed E-state index contributed by atoms with van der Waals surface area (Å²) in [6, 6.07) is 0.0553. The van der Waals surface area contributed by atoms with Crippen molar-refractivity contribution in [3.8, 4) is 0 Å². The first kappa shape index (κ1) is 9.36. The summed E-state index contributed by atoms with van der Waals surface area (Å²) in [4.78, 5) is 13.1. The maximum Gasteiger partial charge on any atom is 0.317 e. The minimum absolute atomic E-state index is 0.0553. The van der Waals surface area contributed by atoms with Crippen LogP contribution in [0.1, 0.15) is 33.1 Å². The second kappa shape index (κ2) is 3.33. The average molecular weight is 170 g/mol. The van der Waals surface area contributed by atoms with E-state index in [2.05, 4.69) is 12.2 Å². The fourth-order valence-electron chi connectivity index (χ4n) is 1.33. The Balaban J connectivity index is 2.35. The molecular formula is C9H18N2O. The molecule has 2 amide bonds. The minimum atomic E-state index is 0.0553. The third-order valence-electron chi connectivity index (χ3n) is 2.69. The first-order valence-electron chi connectivity index (χ1n) is 4.61. The smallest absolute Gasteiger partial charge is 0.317 e. The number of carbonyl (C=O) groups is 1. The van der Waals surface area contributed by atoms with Gasteiger partial charge in [-0.1, -0.05) is 0 Å². The summed E-state index contributed by atoms with van der Waals surface area (Å²) in [6.07, 6.45) is 3.49. The lowest BCUT2D eigenvalue weighted by molar-refractivity contribution is 0.169. The molecular weight excluding hydrogens is 152 g/mol. The van der Waals surface area contributed by atoms with Gasteiger partial charge in [-0.15, -0.1) is 0 Å². The molecule has 0 saturated heterocycles. The van der Waals surface area contributed by atoms with Crippen LogP contribution in [-0.2, 0) is 0 Å². The predicted octanol–water partition coefficient (Wildman–Crippen LogP) is 1.59. The number of urea groups is 1. The maximum atomic E-state index is 11.4. The Morgan fingerprint density at radius 2 is 2.17 bits per heavy atom. The van der Waals surface area contributed by atoms with E-state index in [1.54, 1.807) is 4.90 Å². The first-order chi connectivity index (χ1) is 5.57. The van der Waals surface area contributed by atoms with Crippen LogP contribution >= 0.6 is 0 Å². The van der Waals surface area contributed by atoms with Gasteiger partial charge in [0.05, 0.1) is 0 Å². The van der Waals surface area contributed by atoms with E-state index in [9.17, 15) is 4.79 Å². The lowest BCUT2D eigenvalue weighted by Gasteiger charge is -2.40. The minimum Gasteiger partial charge on any atom is -0.333 e. The van der Waals surface area contributed by atoms with Crippen molar-refractivity contribution in [2.24, 2.45) is 0 Å². The van der Waals surface area contributed by atoms with E-state index < -0.39 is 0 Å². The van der Waals surface area contributed by atoms with Gasteiger partial charge in [-0.2, -0.15) is 0 Å². The molecule has 0 atom stereocenters. The zero-order valence-electron chi connectivity index (χ0n) is 8.18. The Kier molecular flexibility index (Phi) is 2.60. The molecule has 1 fully saturated rings. The molecule has 0 aliphatic heterocycles. The van der Waals surface area contributed by atoms with Gasteiger partial charge in [-0.3, -0.25) is 0 Å². The molecule has 0 aromatic heterocycles. The number of carbonyl (C=O) groups excluding carboxylic acids is 1. The van der Waals surface area contributed by atoms with Crippen LogP contribution < -0.4 is 5.32 Å². The van der Waals surface area contributed by atoms with Gasteiger partial charge in [-0.25, -0.2) is 4.79 Å². The van der Waals surface area contributed by atoms with Crippen LogP contribution in [0.25, 0.3) is 0 Å². The molecule has 0 spiro atoms. The van der Waals surface area contributed by atoms with Crippen molar-refractivity contribution in [2.75, 3.05) is 13.6 Å². The van der Waals surface area contributed by atoms with Crippen LogP contribution in [-0.4, -0.2) is 30.1 Å². The molecule has 0 unspecified atom stereocenters. The van der Waals surface area contributed by atoms with Crippen molar-refractivity contribution in [3.05, 3.63) is 0 Å². The van der Waals surface area contributed by atoms with E-state index >= 15 is 0 Å². The number of hydrogen-bond acceptors (Lipinski definition) is 1. The highest BCUT2D eigenvalue weighted by molar-refractivity contribution is 5.74. The number of amides is 2. The molecule has 12 heavy (non-hydrogen) atoms. The normalized spacial score (nSPS) is 19.6. The fourth-order valence-corrected chi connectivity index (χ4v) is 1.33. The molecule has 0 bridgehead atoms. The maximum absolute atomic E-state index is 11.4. The van der Waals surface area contributed by atoms with Crippen LogP contribution in [0.15, 0.2) is 0 Å². The number of nitrogens with one attached hydrogen (secondary N) is 1. The van der Waals surface area contributed by atoms with Crippen LogP contribution in [0, 0.1) is 0 Å². The van der Waals surface area contributed by atoms with E-state index in [1.807, 2.05) is 14.0 Å². The number of hydrogen-bond donors (Lipinski definition) is 1. The molecule has 0 aromatic carbocycles. The SMILES string of the molecule is CCN(C)C(=O)NC1(C)CCC1. The van der Waals surface area contributed by atoms with Gasteiger partial charge < -0.3 is 10.2 Å². The standard InChI is InChI=1S/C9H18N2O/c1-4-11(3)8(12)10-9(2)6-5-7-9/h4-7H2,1-3H3,(H,10,12). The highest BCUT2D eigenvalue weighted by Gasteiger charge is 2.33. The molecule has 0 aromatic rings. The molecule has 70 valence electrons. The lowest BCUT2D eigenvalue weighted by Crippen LogP contribution is -2.54. The van der Waals surface area contributed by atoms with Gasteiger partial charge in [-0.05, 0) is 33.1 Å². The van der Waals surface area contributed by atoms with Crippen LogP contribution in [0.4, 0.5) is 4.79 Å². The molecule has 1 rings (SSSR count). The summed E-state index contributed by atoms with van der Waals surface area (Å²) in [5.41, 5.74) is 0.0838. The molecule has 1 aliphatic rings. The van der Waals surface area contributed by atoms with E-state index in [0.717, 1.165) is 19.4 Å². The molecule has 0 radical (unpaired) electrons. The molecule has 0 heterocycles. The summed E-state index contributed by atoms with van der Waals surface area (Å²) in [5, 5.41) is 3.03. The van der Waals surface area contributed by atoms with Gasteiger partial charge in [0.1, 0.15) is 0 Å². The van der Waals surface area contributed by atoms with Gasteiger partial charge >= 0.3 is 6.03 Å². The van der Waals surface area contributed by atoms with E-state index in [4.69, 9.17) is 0 Å². The van der Waals surface area contributed by atoms with Gasteiger partial charge in [0, 0.05) is 19.1 Å². The Morgan fingerprint density at radius 1 is 1.58 bits per heavy atom. The molecule has 1 N–H and O–H groups in total. The Hall–Kier alpha value is -0.730. The van der Waals surface area contributed by atoms with Gasteiger partial charge in [0.25, 0.3) is 0 Å². The van der Waals surface area contributed by atoms with Crippen LogP contribution in [0.3, 0.4) is 0 Å². The Bertz CT molecular complexity index is 175. The van der Waals surface area contributed by atoms with Crippen molar-refractivity contribution in [1.29, 1.82) is 0 Å². The molecule has 3 heteroatoms. The van der Waals surface area contributed by atoms with Gasteiger partial charge in [0.2, 0.25) is 0 Å². The molecule has 1 saturated carbocycles. The number of nitrogens with zero attached hydrogens (tertiary/aromatic N) is 1. The Labute approximate surface area is 74.1 Å².